The minimum absolute atomic E-state index is 0.248. The van der Waals surface area contributed by atoms with Gasteiger partial charge in [0, 0.05) is 12.7 Å². The Balaban J connectivity index is 2.48. The molecule has 5 nitrogen and oxygen atoms in total. The van der Waals surface area contributed by atoms with E-state index in [1.807, 2.05) is 18.2 Å². The van der Waals surface area contributed by atoms with Crippen molar-refractivity contribution in [3.63, 3.8) is 0 Å². The average molecular weight is 291 g/mol. The average Bonchev–Trinajstić information content (AvgIpc) is 2.45. The molecule has 0 atom stereocenters. The Morgan fingerprint density at radius 2 is 1.86 bits per heavy atom. The summed E-state index contributed by atoms with van der Waals surface area (Å²) < 4.78 is 0. The van der Waals surface area contributed by atoms with Gasteiger partial charge in [0.15, 0.2) is 0 Å². The first-order valence-electron chi connectivity index (χ1n) is 7.30. The molecule has 0 spiro atoms. The van der Waals surface area contributed by atoms with E-state index in [-0.39, 0.29) is 11.8 Å². The fourth-order valence-electron chi connectivity index (χ4n) is 1.69. The molecule has 0 aliphatic heterocycles. The third-order valence-corrected chi connectivity index (χ3v) is 3.30. The fourth-order valence-corrected chi connectivity index (χ4v) is 1.69. The van der Waals surface area contributed by atoms with Gasteiger partial charge in [-0.3, -0.25) is 14.6 Å². The maximum Gasteiger partial charge on any atom is 0.235 e. The van der Waals surface area contributed by atoms with Crippen molar-refractivity contribution in [2.45, 2.75) is 40.7 Å². The zero-order valence-corrected chi connectivity index (χ0v) is 13.3. The highest BCUT2D eigenvalue weighted by molar-refractivity contribution is 6.04. The van der Waals surface area contributed by atoms with E-state index in [0.717, 1.165) is 12.1 Å². The zero-order valence-electron chi connectivity index (χ0n) is 13.3. The summed E-state index contributed by atoms with van der Waals surface area (Å²) in [7, 11) is 0. The van der Waals surface area contributed by atoms with E-state index in [1.165, 1.54) is 0 Å². The molecule has 0 fully saturated rings. The van der Waals surface area contributed by atoms with E-state index < -0.39 is 5.41 Å². The molecule has 2 N–H and O–H groups in total. The minimum atomic E-state index is -1.09. The molecular formula is C16H25N3O2. The number of amides is 2. The number of hydrogen-bond donors (Lipinski definition) is 2. The predicted octanol–water partition coefficient (Wildman–Crippen LogP) is 1.89. The van der Waals surface area contributed by atoms with Crippen LogP contribution < -0.4 is 10.6 Å². The molecular weight excluding hydrogens is 266 g/mol. The molecule has 116 valence electrons. The van der Waals surface area contributed by atoms with Gasteiger partial charge in [-0.1, -0.05) is 19.9 Å². The molecule has 0 bridgehead atoms. The standard InChI is InChI=1S/C16H25N3O2/c1-12(2)8-10-18-14(20)16(3,4)15(21)19-11-13-7-5-6-9-17-13/h5-7,9,12H,8,10-11H2,1-4H3,(H,18,20)(H,19,21). The topological polar surface area (TPSA) is 71.1 Å². The Kier molecular flexibility index (Phi) is 6.34. The molecule has 2 amide bonds. The molecule has 0 saturated carbocycles. The molecule has 5 heteroatoms. The van der Waals surface area contributed by atoms with Crippen LogP contribution in [-0.2, 0) is 16.1 Å². The number of rotatable bonds is 7. The molecule has 0 unspecified atom stereocenters. The molecule has 1 rings (SSSR count). The summed E-state index contributed by atoms with van der Waals surface area (Å²) in [4.78, 5) is 28.4. The van der Waals surface area contributed by atoms with Crippen LogP contribution in [0.5, 0.6) is 0 Å². The molecule has 1 heterocycles. The summed E-state index contributed by atoms with van der Waals surface area (Å²) in [6.45, 7) is 8.36. The van der Waals surface area contributed by atoms with Crippen molar-refractivity contribution < 1.29 is 9.59 Å². The number of carbonyl (C=O) groups excluding carboxylic acids is 2. The lowest BCUT2D eigenvalue weighted by Crippen LogP contribution is -2.48. The second-order valence-corrected chi connectivity index (χ2v) is 6.07. The maximum atomic E-state index is 12.2. The zero-order chi connectivity index (χ0) is 15.9. The van der Waals surface area contributed by atoms with E-state index in [9.17, 15) is 9.59 Å². The van der Waals surface area contributed by atoms with Crippen LogP contribution in [0.1, 0.15) is 39.8 Å². The van der Waals surface area contributed by atoms with Gasteiger partial charge in [-0.25, -0.2) is 0 Å². The highest BCUT2D eigenvalue weighted by Gasteiger charge is 2.35. The minimum Gasteiger partial charge on any atom is -0.355 e. The van der Waals surface area contributed by atoms with Crippen molar-refractivity contribution in [1.29, 1.82) is 0 Å². The molecule has 0 radical (unpaired) electrons. The summed E-state index contributed by atoms with van der Waals surface area (Å²) in [5.41, 5.74) is -0.326. The van der Waals surface area contributed by atoms with Gasteiger partial charge in [0.05, 0.1) is 12.2 Å². The summed E-state index contributed by atoms with van der Waals surface area (Å²) in [5.74, 6) is -0.0248. The van der Waals surface area contributed by atoms with Crippen LogP contribution in [0, 0.1) is 11.3 Å². The predicted molar refractivity (Wildman–Crippen MR) is 82.3 cm³/mol. The van der Waals surface area contributed by atoms with Crippen molar-refractivity contribution in [2.75, 3.05) is 6.54 Å². The lowest BCUT2D eigenvalue weighted by Gasteiger charge is -2.23. The van der Waals surface area contributed by atoms with Gasteiger partial charge in [-0.15, -0.1) is 0 Å². The summed E-state index contributed by atoms with van der Waals surface area (Å²) >= 11 is 0. The SMILES string of the molecule is CC(C)CCNC(=O)C(C)(C)C(=O)NCc1ccccn1. The number of nitrogens with one attached hydrogen (secondary N) is 2. The lowest BCUT2D eigenvalue weighted by molar-refractivity contribution is -0.141. The van der Waals surface area contributed by atoms with Gasteiger partial charge in [0.25, 0.3) is 0 Å². The highest BCUT2D eigenvalue weighted by atomic mass is 16.2. The van der Waals surface area contributed by atoms with Gasteiger partial charge in [-0.2, -0.15) is 0 Å². The third-order valence-electron chi connectivity index (χ3n) is 3.30. The van der Waals surface area contributed by atoms with Gasteiger partial charge >= 0.3 is 0 Å². The summed E-state index contributed by atoms with van der Waals surface area (Å²) in [6.07, 6.45) is 2.57. The Bertz CT molecular complexity index is 470. The van der Waals surface area contributed by atoms with Crippen LogP contribution in [-0.4, -0.2) is 23.3 Å². The first-order chi connectivity index (χ1) is 9.84. The van der Waals surface area contributed by atoms with E-state index in [2.05, 4.69) is 29.5 Å². The number of hydrogen-bond acceptors (Lipinski definition) is 3. The van der Waals surface area contributed by atoms with Crippen LogP contribution in [0.25, 0.3) is 0 Å². The molecule has 0 aliphatic rings. The van der Waals surface area contributed by atoms with Gasteiger partial charge in [0.2, 0.25) is 11.8 Å². The quantitative estimate of drug-likeness (QED) is 0.754. The highest BCUT2D eigenvalue weighted by Crippen LogP contribution is 2.15. The molecule has 0 aliphatic carbocycles. The van der Waals surface area contributed by atoms with Crippen LogP contribution in [0.3, 0.4) is 0 Å². The number of pyridine rings is 1. The van der Waals surface area contributed by atoms with Crippen molar-refractivity contribution in [3.05, 3.63) is 30.1 Å². The Hall–Kier alpha value is -1.91. The lowest BCUT2D eigenvalue weighted by atomic mass is 9.91. The smallest absolute Gasteiger partial charge is 0.235 e. The Morgan fingerprint density at radius 3 is 2.43 bits per heavy atom. The molecule has 0 saturated heterocycles. The van der Waals surface area contributed by atoms with E-state index >= 15 is 0 Å². The van der Waals surface area contributed by atoms with Gasteiger partial charge in [0.1, 0.15) is 5.41 Å². The monoisotopic (exact) mass is 291 g/mol. The normalized spacial score (nSPS) is 11.3. The fraction of sp³-hybridized carbons (Fsp3) is 0.562. The van der Waals surface area contributed by atoms with Gasteiger partial charge in [-0.05, 0) is 38.3 Å². The summed E-state index contributed by atoms with van der Waals surface area (Å²) in [5, 5.41) is 5.58. The first-order valence-corrected chi connectivity index (χ1v) is 7.30. The van der Waals surface area contributed by atoms with E-state index in [4.69, 9.17) is 0 Å². The van der Waals surface area contributed by atoms with Crippen LogP contribution >= 0.6 is 0 Å². The van der Waals surface area contributed by atoms with Gasteiger partial charge < -0.3 is 10.6 Å². The van der Waals surface area contributed by atoms with Crippen LogP contribution in [0.2, 0.25) is 0 Å². The second kappa shape index (κ2) is 7.76. The van der Waals surface area contributed by atoms with Crippen LogP contribution in [0.15, 0.2) is 24.4 Å². The van der Waals surface area contributed by atoms with E-state index in [1.54, 1.807) is 20.0 Å². The third kappa shape index (κ3) is 5.53. The first kappa shape index (κ1) is 17.1. The Labute approximate surface area is 126 Å². The van der Waals surface area contributed by atoms with Crippen molar-refractivity contribution in [3.8, 4) is 0 Å². The molecule has 1 aromatic heterocycles. The number of aromatic nitrogens is 1. The maximum absolute atomic E-state index is 12.2. The molecule has 1 aromatic rings. The van der Waals surface area contributed by atoms with E-state index in [0.29, 0.717) is 19.0 Å². The molecule has 0 aromatic carbocycles. The largest absolute Gasteiger partial charge is 0.355 e. The number of nitrogens with zero attached hydrogens (tertiary/aromatic N) is 1. The van der Waals surface area contributed by atoms with Crippen molar-refractivity contribution in [1.82, 2.24) is 15.6 Å². The molecule has 21 heavy (non-hydrogen) atoms. The number of carbonyl (C=O) groups is 2. The van der Waals surface area contributed by atoms with Crippen molar-refractivity contribution in [2.24, 2.45) is 11.3 Å². The summed E-state index contributed by atoms with van der Waals surface area (Å²) in [6, 6.07) is 5.51. The van der Waals surface area contributed by atoms with Crippen molar-refractivity contribution >= 4 is 11.8 Å². The van der Waals surface area contributed by atoms with Crippen LogP contribution in [0.4, 0.5) is 0 Å². The Morgan fingerprint density at radius 1 is 1.19 bits per heavy atom. The second-order valence-electron chi connectivity index (χ2n) is 6.07.